The van der Waals surface area contributed by atoms with Gasteiger partial charge in [0.25, 0.3) is 5.91 Å². The summed E-state index contributed by atoms with van der Waals surface area (Å²) in [6, 6.07) is 19.7. The molecule has 2 aromatic carbocycles. The summed E-state index contributed by atoms with van der Waals surface area (Å²) >= 11 is 0. The number of urea groups is 1. The molecule has 6 heteroatoms. The van der Waals surface area contributed by atoms with Crippen LogP contribution in [0.3, 0.4) is 0 Å². The molecule has 1 saturated heterocycles. The number of likely N-dealkylation sites (tertiary alicyclic amines) is 1. The van der Waals surface area contributed by atoms with Gasteiger partial charge in [-0.1, -0.05) is 48.5 Å². The van der Waals surface area contributed by atoms with Gasteiger partial charge >= 0.3 is 6.03 Å². The highest BCUT2D eigenvalue weighted by molar-refractivity contribution is 5.94. The maximum atomic E-state index is 12.4. The first kappa shape index (κ1) is 20.9. The number of piperidine rings is 1. The van der Waals surface area contributed by atoms with Gasteiger partial charge in [-0.25, -0.2) is 4.79 Å². The average molecular weight is 395 g/mol. The zero-order valence-corrected chi connectivity index (χ0v) is 17.0. The zero-order valence-electron chi connectivity index (χ0n) is 17.0. The van der Waals surface area contributed by atoms with Gasteiger partial charge in [-0.2, -0.15) is 0 Å². The van der Waals surface area contributed by atoms with Crippen molar-refractivity contribution < 1.29 is 9.59 Å². The van der Waals surface area contributed by atoms with Crippen LogP contribution >= 0.6 is 0 Å². The lowest BCUT2D eigenvalue weighted by Crippen LogP contribution is -2.49. The molecule has 0 aliphatic carbocycles. The molecular weight excluding hydrogens is 364 g/mol. The maximum absolute atomic E-state index is 12.4. The van der Waals surface area contributed by atoms with Crippen LogP contribution in [0, 0.1) is 0 Å². The number of carbonyl (C=O) groups excluding carboxylic acids is 2. The molecule has 3 amide bonds. The van der Waals surface area contributed by atoms with E-state index < -0.39 is 0 Å². The first-order valence-corrected chi connectivity index (χ1v) is 10.2. The Morgan fingerprint density at radius 1 is 0.931 bits per heavy atom. The van der Waals surface area contributed by atoms with Gasteiger partial charge in [0.15, 0.2) is 0 Å². The summed E-state index contributed by atoms with van der Waals surface area (Å²) in [5.41, 5.74) is 1.95. The van der Waals surface area contributed by atoms with Crippen molar-refractivity contribution in [3.63, 3.8) is 0 Å². The zero-order chi connectivity index (χ0) is 20.5. The molecular formula is C23H30N4O2. The monoisotopic (exact) mass is 394 g/mol. The van der Waals surface area contributed by atoms with Gasteiger partial charge in [0.05, 0.1) is 0 Å². The third-order valence-corrected chi connectivity index (χ3v) is 5.40. The van der Waals surface area contributed by atoms with Gasteiger partial charge < -0.3 is 15.5 Å². The molecule has 0 bridgehead atoms. The first-order chi connectivity index (χ1) is 14.1. The largest absolute Gasteiger partial charge is 0.350 e. The molecule has 0 saturated carbocycles. The van der Waals surface area contributed by atoms with Crippen molar-refractivity contribution in [2.75, 3.05) is 33.2 Å². The van der Waals surface area contributed by atoms with E-state index in [2.05, 4.69) is 39.8 Å². The van der Waals surface area contributed by atoms with Crippen molar-refractivity contribution in [1.29, 1.82) is 0 Å². The van der Waals surface area contributed by atoms with Crippen molar-refractivity contribution in [2.24, 2.45) is 0 Å². The second kappa shape index (κ2) is 10.6. The van der Waals surface area contributed by atoms with E-state index >= 15 is 0 Å². The molecule has 0 spiro atoms. The summed E-state index contributed by atoms with van der Waals surface area (Å²) in [5, 5.41) is 5.72. The van der Waals surface area contributed by atoms with Gasteiger partial charge in [-0.05, 0) is 30.5 Å². The van der Waals surface area contributed by atoms with Crippen molar-refractivity contribution in [3.05, 3.63) is 71.8 Å². The fraction of sp³-hybridized carbons (Fsp3) is 0.391. The summed E-state index contributed by atoms with van der Waals surface area (Å²) in [4.78, 5) is 28.7. The minimum atomic E-state index is -0.126. The molecule has 0 aromatic heterocycles. The van der Waals surface area contributed by atoms with Crippen LogP contribution < -0.4 is 10.6 Å². The number of benzene rings is 2. The summed E-state index contributed by atoms with van der Waals surface area (Å²) < 4.78 is 0. The van der Waals surface area contributed by atoms with E-state index in [1.54, 1.807) is 17.0 Å². The lowest BCUT2D eigenvalue weighted by molar-refractivity contribution is 0.0953. The SMILES string of the molecule is CN(C(=O)NCCNC(=O)c1ccccc1)C1CCN(Cc2ccccc2)CC1. The summed E-state index contributed by atoms with van der Waals surface area (Å²) in [6.07, 6.45) is 1.95. The molecule has 154 valence electrons. The third-order valence-electron chi connectivity index (χ3n) is 5.40. The van der Waals surface area contributed by atoms with Crippen LogP contribution in [0.25, 0.3) is 0 Å². The van der Waals surface area contributed by atoms with Crippen LogP contribution in [0.2, 0.25) is 0 Å². The highest BCUT2D eigenvalue weighted by Crippen LogP contribution is 2.17. The van der Waals surface area contributed by atoms with Crippen LogP contribution in [0.5, 0.6) is 0 Å². The number of nitrogens with zero attached hydrogens (tertiary/aromatic N) is 2. The smallest absolute Gasteiger partial charge is 0.317 e. The second-order valence-corrected chi connectivity index (χ2v) is 7.46. The third kappa shape index (κ3) is 6.32. The van der Waals surface area contributed by atoms with E-state index in [-0.39, 0.29) is 18.0 Å². The van der Waals surface area contributed by atoms with Crippen molar-refractivity contribution >= 4 is 11.9 Å². The van der Waals surface area contributed by atoms with Crippen molar-refractivity contribution in [1.82, 2.24) is 20.4 Å². The van der Waals surface area contributed by atoms with E-state index in [9.17, 15) is 9.59 Å². The van der Waals surface area contributed by atoms with Gasteiger partial charge in [-0.15, -0.1) is 0 Å². The number of rotatable bonds is 7. The second-order valence-electron chi connectivity index (χ2n) is 7.46. The summed E-state index contributed by atoms with van der Waals surface area (Å²) in [6.45, 7) is 3.76. The van der Waals surface area contributed by atoms with E-state index in [1.165, 1.54) is 5.56 Å². The molecule has 1 aliphatic rings. The Hall–Kier alpha value is -2.86. The van der Waals surface area contributed by atoms with E-state index in [1.807, 2.05) is 31.3 Å². The Bertz CT molecular complexity index is 774. The Morgan fingerprint density at radius 3 is 2.17 bits per heavy atom. The Morgan fingerprint density at radius 2 is 1.52 bits per heavy atom. The lowest BCUT2D eigenvalue weighted by Gasteiger charge is -2.36. The van der Waals surface area contributed by atoms with Crippen LogP contribution in [-0.2, 0) is 6.54 Å². The molecule has 3 rings (SSSR count). The molecule has 0 atom stereocenters. The van der Waals surface area contributed by atoms with Gasteiger partial charge in [0, 0.05) is 51.4 Å². The molecule has 6 nitrogen and oxygen atoms in total. The minimum Gasteiger partial charge on any atom is -0.350 e. The molecule has 0 unspecified atom stereocenters. The van der Waals surface area contributed by atoms with Gasteiger partial charge in [0.1, 0.15) is 0 Å². The fourth-order valence-electron chi connectivity index (χ4n) is 3.63. The first-order valence-electron chi connectivity index (χ1n) is 10.2. The van der Waals surface area contributed by atoms with E-state index in [0.717, 1.165) is 32.5 Å². The van der Waals surface area contributed by atoms with E-state index in [4.69, 9.17) is 0 Å². The van der Waals surface area contributed by atoms with Gasteiger partial charge in [-0.3, -0.25) is 9.69 Å². The number of nitrogens with one attached hydrogen (secondary N) is 2. The Kier molecular flexibility index (Phi) is 7.64. The van der Waals surface area contributed by atoms with E-state index in [0.29, 0.717) is 18.7 Å². The molecule has 1 heterocycles. The molecule has 1 aliphatic heterocycles. The quantitative estimate of drug-likeness (QED) is 0.710. The van der Waals surface area contributed by atoms with Crippen molar-refractivity contribution in [3.8, 4) is 0 Å². The van der Waals surface area contributed by atoms with Crippen LogP contribution in [0.4, 0.5) is 4.79 Å². The number of amides is 3. The average Bonchev–Trinajstić information content (AvgIpc) is 2.77. The van der Waals surface area contributed by atoms with Crippen LogP contribution in [0.1, 0.15) is 28.8 Å². The van der Waals surface area contributed by atoms with Crippen LogP contribution in [-0.4, -0.2) is 61.0 Å². The topological polar surface area (TPSA) is 64.7 Å². The summed E-state index contributed by atoms with van der Waals surface area (Å²) in [5.74, 6) is -0.126. The van der Waals surface area contributed by atoms with Crippen molar-refractivity contribution in [2.45, 2.75) is 25.4 Å². The minimum absolute atomic E-state index is 0.0829. The fourth-order valence-corrected chi connectivity index (χ4v) is 3.63. The highest BCUT2D eigenvalue weighted by Gasteiger charge is 2.25. The predicted molar refractivity (Wildman–Crippen MR) is 115 cm³/mol. The standard InChI is InChI=1S/C23H30N4O2/c1-26(21-12-16-27(17-13-21)18-19-8-4-2-5-9-19)23(29)25-15-14-24-22(28)20-10-6-3-7-11-20/h2-11,21H,12-18H2,1H3,(H,24,28)(H,25,29). The van der Waals surface area contributed by atoms with Crippen LogP contribution in [0.15, 0.2) is 60.7 Å². The lowest BCUT2D eigenvalue weighted by atomic mass is 10.0. The molecule has 2 N–H and O–H groups in total. The molecule has 2 aromatic rings. The number of hydrogen-bond donors (Lipinski definition) is 2. The Balaban J connectivity index is 1.33. The molecule has 1 fully saturated rings. The number of hydrogen-bond acceptors (Lipinski definition) is 3. The number of carbonyl (C=O) groups is 2. The normalized spacial score (nSPS) is 14.9. The summed E-state index contributed by atoms with van der Waals surface area (Å²) in [7, 11) is 1.86. The predicted octanol–water partition coefficient (Wildman–Crippen LogP) is 2.72. The molecule has 0 radical (unpaired) electrons. The maximum Gasteiger partial charge on any atom is 0.317 e. The molecule has 29 heavy (non-hydrogen) atoms. The highest BCUT2D eigenvalue weighted by atomic mass is 16.2. The Labute approximate surface area is 172 Å². The van der Waals surface area contributed by atoms with Gasteiger partial charge in [0.2, 0.25) is 0 Å².